The number of halogens is 1. The molecule has 2 aromatic heterocycles. The summed E-state index contributed by atoms with van der Waals surface area (Å²) in [5.41, 5.74) is 3.74. The zero-order valence-corrected chi connectivity index (χ0v) is 18.9. The number of fused-ring (bicyclic) bond motifs is 1. The van der Waals surface area contributed by atoms with Crippen LogP contribution in [-0.2, 0) is 11.2 Å². The number of nitrogens with zero attached hydrogens (tertiary/aromatic N) is 1. The van der Waals surface area contributed by atoms with Gasteiger partial charge in [0, 0.05) is 41.5 Å². The maximum atomic E-state index is 13.2. The summed E-state index contributed by atoms with van der Waals surface area (Å²) >= 11 is 0. The van der Waals surface area contributed by atoms with Gasteiger partial charge in [0.2, 0.25) is 0 Å². The van der Waals surface area contributed by atoms with Gasteiger partial charge in [-0.2, -0.15) is 0 Å². The van der Waals surface area contributed by atoms with E-state index in [1.54, 1.807) is 12.1 Å². The van der Waals surface area contributed by atoms with Crippen molar-refractivity contribution in [3.63, 3.8) is 0 Å². The molecule has 1 aliphatic carbocycles. The van der Waals surface area contributed by atoms with Crippen LogP contribution in [0.1, 0.15) is 32.8 Å². The molecular weight excluding hydrogens is 463 g/mol. The molecule has 5 rings (SSSR count). The average Bonchev–Trinajstić information content (AvgIpc) is 3.24. The summed E-state index contributed by atoms with van der Waals surface area (Å²) in [6.07, 6.45) is 1.63. The Hall–Kier alpha value is -4.79. The van der Waals surface area contributed by atoms with Gasteiger partial charge in [-0.15, -0.1) is 0 Å². The molecule has 2 aromatic carbocycles. The molecule has 0 spiro atoms. The lowest BCUT2D eigenvalue weighted by Gasteiger charge is -2.18. The number of hydrogen-bond acceptors (Lipinski definition) is 5. The molecule has 36 heavy (non-hydrogen) atoms. The summed E-state index contributed by atoms with van der Waals surface area (Å²) in [4.78, 5) is 44.7. The fraction of sp³-hybridized carbons (Fsp3) is 0.111. The fourth-order valence-electron chi connectivity index (χ4n) is 4.28. The van der Waals surface area contributed by atoms with Crippen molar-refractivity contribution in [2.24, 2.45) is 5.92 Å². The third-order valence-corrected chi connectivity index (χ3v) is 6.03. The summed E-state index contributed by atoms with van der Waals surface area (Å²) in [7, 11) is 0. The highest BCUT2D eigenvalue weighted by Gasteiger charge is 2.35. The zero-order valence-electron chi connectivity index (χ0n) is 18.9. The zero-order chi connectivity index (χ0) is 25.2. The van der Waals surface area contributed by atoms with Crippen LogP contribution in [0.3, 0.4) is 0 Å². The molecule has 9 heteroatoms. The molecule has 0 radical (unpaired) electrons. The molecule has 0 aliphatic heterocycles. The first-order chi connectivity index (χ1) is 17.4. The number of Topliss-reactive ketones (excluding diaryl/α,β-unsaturated/α-hetero) is 1. The van der Waals surface area contributed by atoms with E-state index in [9.17, 15) is 23.9 Å². The Kier molecular flexibility index (Phi) is 6.03. The molecule has 1 unspecified atom stereocenters. The maximum absolute atomic E-state index is 13.2. The van der Waals surface area contributed by atoms with Crippen LogP contribution in [0.15, 0.2) is 72.9 Å². The largest absolute Gasteiger partial charge is 0.481 e. The number of amides is 1. The van der Waals surface area contributed by atoms with E-state index >= 15 is 0 Å². The molecule has 180 valence electrons. The number of carboxylic acid groups (broad SMARTS) is 1. The quantitative estimate of drug-likeness (QED) is 0.304. The molecule has 1 aliphatic rings. The first-order valence-electron chi connectivity index (χ1n) is 11.3. The number of nitrogens with one attached hydrogen (secondary N) is 3. The normalized spacial score (nSPS) is 14.7. The number of aliphatic carboxylic acids is 1. The molecule has 0 saturated heterocycles. The Morgan fingerprint density at radius 2 is 1.78 bits per heavy atom. The standard InChI is InChI=1S/C27H21FN4O4/c28-18-8-6-15(7-9-18)26(34)32-22-14-16(10-11-29-22)24-25(30-19-4-2-1-3-5-19)23-20(31-24)12-17(27(35)36)13-21(23)33/h1-11,14,17,30-31H,12-13H2,(H,35,36)(H,29,32,34). The van der Waals surface area contributed by atoms with E-state index in [-0.39, 0.29) is 30.0 Å². The molecule has 4 N–H and O–H groups in total. The minimum absolute atomic E-state index is 0.0849. The number of benzene rings is 2. The molecule has 0 bridgehead atoms. The van der Waals surface area contributed by atoms with E-state index in [2.05, 4.69) is 20.6 Å². The van der Waals surface area contributed by atoms with E-state index in [1.807, 2.05) is 30.3 Å². The van der Waals surface area contributed by atoms with Crippen LogP contribution >= 0.6 is 0 Å². The predicted molar refractivity (Wildman–Crippen MR) is 132 cm³/mol. The highest BCUT2D eigenvalue weighted by Crippen LogP contribution is 2.40. The van der Waals surface area contributed by atoms with Crippen molar-refractivity contribution < 1.29 is 23.9 Å². The van der Waals surface area contributed by atoms with E-state index < -0.39 is 23.6 Å². The van der Waals surface area contributed by atoms with E-state index in [0.29, 0.717) is 28.2 Å². The summed E-state index contributed by atoms with van der Waals surface area (Å²) in [6, 6.07) is 17.8. The number of carboxylic acids is 1. The minimum Gasteiger partial charge on any atom is -0.481 e. The van der Waals surface area contributed by atoms with E-state index in [4.69, 9.17) is 0 Å². The lowest BCUT2D eigenvalue weighted by Crippen LogP contribution is -2.26. The van der Waals surface area contributed by atoms with Gasteiger partial charge in [0.1, 0.15) is 11.6 Å². The maximum Gasteiger partial charge on any atom is 0.307 e. The SMILES string of the molecule is O=C(Nc1cc(-c2[nH]c3c(c2Nc2ccccc2)C(=O)CC(C(=O)O)C3)ccn1)c1ccc(F)cc1. The van der Waals surface area contributed by atoms with Crippen molar-refractivity contribution in [1.29, 1.82) is 0 Å². The Morgan fingerprint density at radius 1 is 1.03 bits per heavy atom. The van der Waals surface area contributed by atoms with Crippen LogP contribution in [0.5, 0.6) is 0 Å². The van der Waals surface area contributed by atoms with Crippen molar-refractivity contribution in [3.05, 3.63) is 95.6 Å². The van der Waals surface area contributed by atoms with Crippen molar-refractivity contribution in [1.82, 2.24) is 9.97 Å². The van der Waals surface area contributed by atoms with Gasteiger partial charge in [-0.05, 0) is 48.5 Å². The summed E-state index contributed by atoms with van der Waals surface area (Å²) in [5.74, 6) is -2.71. The van der Waals surface area contributed by atoms with Gasteiger partial charge in [0.25, 0.3) is 5.91 Å². The number of rotatable bonds is 6. The van der Waals surface area contributed by atoms with Crippen LogP contribution in [0.25, 0.3) is 11.3 Å². The van der Waals surface area contributed by atoms with E-state index in [1.165, 1.54) is 30.5 Å². The summed E-state index contributed by atoms with van der Waals surface area (Å²) in [5, 5.41) is 15.5. The number of aromatic nitrogens is 2. The second-order valence-electron chi connectivity index (χ2n) is 8.48. The number of anilines is 3. The van der Waals surface area contributed by atoms with Crippen molar-refractivity contribution in [3.8, 4) is 11.3 Å². The lowest BCUT2D eigenvalue weighted by molar-refractivity contribution is -0.141. The van der Waals surface area contributed by atoms with Gasteiger partial charge in [0.05, 0.1) is 22.9 Å². The predicted octanol–water partition coefficient (Wildman–Crippen LogP) is 5.04. The van der Waals surface area contributed by atoms with Crippen LogP contribution in [0.4, 0.5) is 21.6 Å². The minimum atomic E-state index is -1.02. The van der Waals surface area contributed by atoms with Gasteiger partial charge in [-0.1, -0.05) is 18.2 Å². The Labute approximate surface area is 205 Å². The van der Waals surface area contributed by atoms with Crippen LogP contribution in [0, 0.1) is 11.7 Å². The van der Waals surface area contributed by atoms with Gasteiger partial charge in [0.15, 0.2) is 5.78 Å². The number of carbonyl (C=O) groups is 3. The molecule has 2 heterocycles. The first-order valence-corrected chi connectivity index (χ1v) is 11.3. The van der Waals surface area contributed by atoms with Gasteiger partial charge < -0.3 is 20.7 Å². The molecule has 0 saturated carbocycles. The van der Waals surface area contributed by atoms with Gasteiger partial charge in [-0.3, -0.25) is 14.4 Å². The second-order valence-corrected chi connectivity index (χ2v) is 8.48. The number of ketones is 1. The molecule has 0 fully saturated rings. The van der Waals surface area contributed by atoms with Crippen LogP contribution in [0.2, 0.25) is 0 Å². The number of hydrogen-bond donors (Lipinski definition) is 4. The molecule has 1 amide bonds. The monoisotopic (exact) mass is 484 g/mol. The van der Waals surface area contributed by atoms with Crippen LogP contribution in [-0.4, -0.2) is 32.7 Å². The highest BCUT2D eigenvalue weighted by molar-refractivity contribution is 6.09. The lowest BCUT2D eigenvalue weighted by atomic mass is 9.86. The number of carbonyl (C=O) groups excluding carboxylic acids is 2. The number of para-hydroxylation sites is 1. The van der Waals surface area contributed by atoms with Crippen molar-refractivity contribution in [2.45, 2.75) is 12.8 Å². The topological polar surface area (TPSA) is 124 Å². The summed E-state index contributed by atoms with van der Waals surface area (Å²) < 4.78 is 13.2. The van der Waals surface area contributed by atoms with Gasteiger partial charge >= 0.3 is 5.97 Å². The Balaban J connectivity index is 1.53. The molecule has 1 atom stereocenters. The average molecular weight is 484 g/mol. The number of H-pyrrole nitrogens is 1. The molecule has 8 nitrogen and oxygen atoms in total. The van der Waals surface area contributed by atoms with Crippen molar-refractivity contribution in [2.75, 3.05) is 10.6 Å². The molecule has 4 aromatic rings. The third-order valence-electron chi connectivity index (χ3n) is 6.03. The van der Waals surface area contributed by atoms with Gasteiger partial charge in [-0.25, -0.2) is 9.37 Å². The molecular formula is C27H21FN4O4. The Bertz CT molecular complexity index is 1470. The smallest absolute Gasteiger partial charge is 0.307 e. The van der Waals surface area contributed by atoms with Crippen LogP contribution < -0.4 is 10.6 Å². The Morgan fingerprint density at radius 3 is 2.50 bits per heavy atom. The number of pyridine rings is 1. The number of aromatic amines is 1. The van der Waals surface area contributed by atoms with Crippen molar-refractivity contribution >= 4 is 34.9 Å². The first kappa shape index (κ1) is 23.0. The second kappa shape index (κ2) is 9.46. The fourth-order valence-corrected chi connectivity index (χ4v) is 4.28. The van der Waals surface area contributed by atoms with E-state index in [0.717, 1.165) is 5.69 Å². The highest BCUT2D eigenvalue weighted by atomic mass is 19.1. The third kappa shape index (κ3) is 4.58. The summed E-state index contributed by atoms with van der Waals surface area (Å²) in [6.45, 7) is 0.